The van der Waals surface area contributed by atoms with Crippen molar-refractivity contribution < 1.29 is 0 Å². The average molecular weight is 111 g/mol. The van der Waals surface area contributed by atoms with Gasteiger partial charge in [0.2, 0.25) is 0 Å². The van der Waals surface area contributed by atoms with Crippen LogP contribution in [0.4, 0.5) is 0 Å². The Hall–Kier alpha value is -0.460. The predicted molar refractivity (Wildman–Crippen MR) is 33.4 cm³/mol. The molecular formula is C5H5NS. The maximum Gasteiger partial charge on any atom is 0.0128 e. The highest BCUT2D eigenvalue weighted by molar-refractivity contribution is 8.01. The van der Waals surface area contributed by atoms with Crippen molar-refractivity contribution >= 4 is 17.8 Å². The highest BCUT2D eigenvalue weighted by Crippen LogP contribution is 2.07. The molecule has 0 radical (unpaired) electrons. The molecule has 1 nitrogen and oxygen atoms in total. The largest absolute Gasteiger partial charge is 0.168 e. The van der Waals surface area contributed by atoms with Crippen molar-refractivity contribution in [3.05, 3.63) is 17.1 Å². The minimum Gasteiger partial charge on any atom is -0.168 e. The molecule has 0 bridgehead atoms. The van der Waals surface area contributed by atoms with E-state index in [1.807, 2.05) is 18.4 Å². The van der Waals surface area contributed by atoms with Gasteiger partial charge in [-0.25, -0.2) is 0 Å². The van der Waals surface area contributed by atoms with E-state index in [0.29, 0.717) is 0 Å². The van der Waals surface area contributed by atoms with Crippen LogP contribution in [0.5, 0.6) is 0 Å². The fourth-order valence-electron chi connectivity index (χ4n) is 0.299. The Labute approximate surface area is 47.0 Å². The minimum absolute atomic E-state index is 1.10. The van der Waals surface area contributed by atoms with Gasteiger partial charge >= 0.3 is 0 Å². The molecule has 0 unspecified atom stereocenters. The quantitative estimate of drug-likeness (QED) is 0.434. The summed E-state index contributed by atoms with van der Waals surface area (Å²) in [5.41, 5.74) is 1.10. The molecule has 1 aliphatic rings. The lowest BCUT2D eigenvalue weighted by Crippen LogP contribution is -1.69. The number of rotatable bonds is 0. The lowest BCUT2D eigenvalue weighted by atomic mass is 10.3. The Morgan fingerprint density at radius 2 is 2.71 bits per heavy atom. The second-order valence-electron chi connectivity index (χ2n) is 1.29. The maximum absolute atomic E-state index is 3.80. The molecule has 36 valence electrons. The molecule has 7 heavy (non-hydrogen) atoms. The van der Waals surface area contributed by atoms with Gasteiger partial charge in [-0.1, -0.05) is 0 Å². The zero-order chi connectivity index (χ0) is 5.11. The molecule has 0 aromatic carbocycles. The summed E-state index contributed by atoms with van der Waals surface area (Å²) in [5, 5.41) is 1.94. The van der Waals surface area contributed by atoms with E-state index in [-0.39, 0.29) is 0 Å². The molecular weight excluding hydrogens is 106 g/mol. The van der Waals surface area contributed by atoms with Crippen LogP contribution in [0, 0.1) is 0 Å². The summed E-state index contributed by atoms with van der Waals surface area (Å²) in [6.45, 7) is 1.97. The molecule has 0 fully saturated rings. The summed E-state index contributed by atoms with van der Waals surface area (Å²) < 4.78 is 3.80. The molecule has 1 aliphatic heterocycles. The average Bonchev–Trinajstić information content (AvgIpc) is 1.69. The highest BCUT2D eigenvalue weighted by atomic mass is 32.2. The predicted octanol–water partition coefficient (Wildman–Crippen LogP) is 1.78. The van der Waals surface area contributed by atoms with Crippen LogP contribution >= 0.6 is 11.9 Å². The fraction of sp³-hybridized carbons (Fsp3) is 0.200. The van der Waals surface area contributed by atoms with Gasteiger partial charge in [-0.05, 0) is 24.3 Å². The number of nitrogens with zero attached hydrogens (tertiary/aromatic N) is 1. The van der Waals surface area contributed by atoms with Gasteiger partial charge in [0.25, 0.3) is 0 Å². The Balaban J connectivity index is 2.89. The molecule has 0 saturated heterocycles. The maximum atomic E-state index is 3.80. The van der Waals surface area contributed by atoms with Crippen molar-refractivity contribution in [1.82, 2.24) is 0 Å². The van der Waals surface area contributed by atoms with E-state index in [1.54, 1.807) is 0 Å². The van der Waals surface area contributed by atoms with Crippen molar-refractivity contribution in [2.75, 3.05) is 0 Å². The first-order valence-corrected chi connectivity index (χ1v) is 2.85. The molecule has 2 heteroatoms. The van der Waals surface area contributed by atoms with Crippen LogP contribution in [0.25, 0.3) is 0 Å². The molecule has 0 saturated carbocycles. The Morgan fingerprint density at radius 3 is 3.00 bits per heavy atom. The summed E-state index contributed by atoms with van der Waals surface area (Å²) in [7, 11) is 0. The molecule has 0 amide bonds. The molecule has 0 atom stereocenters. The van der Waals surface area contributed by atoms with Crippen molar-refractivity contribution in [2.45, 2.75) is 6.92 Å². The van der Waals surface area contributed by atoms with Gasteiger partial charge in [-0.3, -0.25) is 0 Å². The molecule has 0 N–H and O–H groups in total. The first kappa shape index (κ1) is 4.69. The number of allylic oxidation sites excluding steroid dienone is 2. The fourth-order valence-corrected chi connectivity index (χ4v) is 0.821. The summed E-state index contributed by atoms with van der Waals surface area (Å²) in [4.78, 5) is 0. The van der Waals surface area contributed by atoms with E-state index in [2.05, 4.69) is 10.3 Å². The molecule has 0 aromatic heterocycles. The topological polar surface area (TPSA) is 12.4 Å². The number of hydrogen-bond acceptors (Lipinski definition) is 2. The molecule has 0 aliphatic carbocycles. The third-order valence-corrected chi connectivity index (χ3v) is 1.11. The SMILES string of the molecule is CC1=C=NSC=C1. The summed E-state index contributed by atoms with van der Waals surface area (Å²) in [5.74, 6) is 2.80. The summed E-state index contributed by atoms with van der Waals surface area (Å²) in [6.07, 6.45) is 1.98. The van der Waals surface area contributed by atoms with Crippen LogP contribution in [-0.2, 0) is 0 Å². The van der Waals surface area contributed by atoms with Gasteiger partial charge in [0.05, 0.1) is 0 Å². The zero-order valence-corrected chi connectivity index (χ0v) is 4.83. The molecule has 1 rings (SSSR count). The Kier molecular flexibility index (Phi) is 1.35. The van der Waals surface area contributed by atoms with Crippen LogP contribution in [0.3, 0.4) is 0 Å². The Bertz CT molecular complexity index is 151. The standard InChI is InChI=1S/C5H5NS/c1-5-2-3-7-6-4-5/h2-3H,1H3. The van der Waals surface area contributed by atoms with Crippen molar-refractivity contribution in [2.24, 2.45) is 4.40 Å². The van der Waals surface area contributed by atoms with E-state index < -0.39 is 0 Å². The van der Waals surface area contributed by atoms with E-state index >= 15 is 0 Å². The molecule has 0 aromatic rings. The zero-order valence-electron chi connectivity index (χ0n) is 4.01. The number of hydrogen-bond donors (Lipinski definition) is 0. The normalized spacial score (nSPS) is 17.0. The van der Waals surface area contributed by atoms with Crippen LogP contribution in [-0.4, -0.2) is 5.87 Å². The first-order chi connectivity index (χ1) is 3.39. The van der Waals surface area contributed by atoms with E-state index in [9.17, 15) is 0 Å². The molecule has 0 spiro atoms. The summed E-state index contributed by atoms with van der Waals surface area (Å²) in [6, 6.07) is 0. The van der Waals surface area contributed by atoms with E-state index in [1.165, 1.54) is 11.9 Å². The highest BCUT2D eigenvalue weighted by Gasteiger charge is 1.81. The van der Waals surface area contributed by atoms with Crippen molar-refractivity contribution in [3.8, 4) is 0 Å². The van der Waals surface area contributed by atoms with Gasteiger partial charge in [0.15, 0.2) is 0 Å². The van der Waals surface area contributed by atoms with Gasteiger partial charge < -0.3 is 0 Å². The van der Waals surface area contributed by atoms with Gasteiger partial charge in [-0.15, -0.1) is 0 Å². The third-order valence-electron chi connectivity index (χ3n) is 0.654. The lowest BCUT2D eigenvalue weighted by Gasteiger charge is -1.86. The smallest absolute Gasteiger partial charge is 0.0128 e. The van der Waals surface area contributed by atoms with E-state index in [0.717, 1.165) is 5.57 Å². The van der Waals surface area contributed by atoms with Crippen LogP contribution < -0.4 is 0 Å². The Morgan fingerprint density at radius 1 is 1.86 bits per heavy atom. The van der Waals surface area contributed by atoms with Crippen molar-refractivity contribution in [3.63, 3.8) is 0 Å². The van der Waals surface area contributed by atoms with Gasteiger partial charge in [0.1, 0.15) is 0 Å². The van der Waals surface area contributed by atoms with Crippen LogP contribution in [0.1, 0.15) is 6.92 Å². The lowest BCUT2D eigenvalue weighted by molar-refractivity contribution is 1.59. The molecule has 1 heterocycles. The summed E-state index contributed by atoms with van der Waals surface area (Å²) >= 11 is 1.41. The second kappa shape index (κ2) is 2.01. The second-order valence-corrected chi connectivity index (χ2v) is 1.96. The van der Waals surface area contributed by atoms with Gasteiger partial charge in [-0.2, -0.15) is 4.40 Å². The van der Waals surface area contributed by atoms with Crippen LogP contribution in [0.2, 0.25) is 0 Å². The first-order valence-electron chi connectivity index (χ1n) is 2.01. The monoisotopic (exact) mass is 111 g/mol. The minimum atomic E-state index is 1.10. The van der Waals surface area contributed by atoms with Crippen LogP contribution in [0.15, 0.2) is 21.5 Å². The van der Waals surface area contributed by atoms with Crippen molar-refractivity contribution in [1.29, 1.82) is 0 Å². The van der Waals surface area contributed by atoms with Gasteiger partial charge in [0, 0.05) is 17.5 Å². The van der Waals surface area contributed by atoms with E-state index in [4.69, 9.17) is 0 Å². The third kappa shape index (κ3) is 1.22.